The van der Waals surface area contributed by atoms with Gasteiger partial charge in [-0.3, -0.25) is 4.79 Å². The first-order chi connectivity index (χ1) is 13.1. The van der Waals surface area contributed by atoms with Crippen LogP contribution in [0.3, 0.4) is 0 Å². The molecule has 7 heteroatoms. The molecular formula is C20H20FN5O. The highest BCUT2D eigenvalue weighted by molar-refractivity contribution is 5.97. The molecule has 1 fully saturated rings. The maximum Gasteiger partial charge on any atom is 0.266 e. The number of hydrogen-bond acceptors (Lipinski definition) is 5. The van der Waals surface area contributed by atoms with Gasteiger partial charge in [0.2, 0.25) is 0 Å². The van der Waals surface area contributed by atoms with Crippen LogP contribution in [0.1, 0.15) is 5.69 Å². The average molecular weight is 365 g/mol. The molecular weight excluding hydrogens is 345 g/mol. The summed E-state index contributed by atoms with van der Waals surface area (Å²) in [6.07, 6.45) is 1.40. The lowest BCUT2D eigenvalue weighted by Crippen LogP contribution is -2.49. The molecule has 1 saturated heterocycles. The second kappa shape index (κ2) is 8.32. The Morgan fingerprint density at radius 3 is 2.52 bits per heavy atom. The van der Waals surface area contributed by atoms with Gasteiger partial charge in [-0.2, -0.15) is 5.26 Å². The van der Waals surface area contributed by atoms with E-state index in [-0.39, 0.29) is 17.3 Å². The van der Waals surface area contributed by atoms with Crippen molar-refractivity contribution in [3.8, 4) is 6.07 Å². The standard InChI is InChI=1S/C20H20FN5O/c1-15-3-2-4-19(24-15)23-14-16(13-22)20(27)26-11-9-25(10-12-26)18-7-5-17(21)6-8-18/h2-8,14H,9-12H2,1H3,(H,23,24)/b16-14-. The van der Waals surface area contributed by atoms with Gasteiger partial charge in [-0.25, -0.2) is 9.37 Å². The van der Waals surface area contributed by atoms with Crippen LogP contribution >= 0.6 is 0 Å². The molecule has 0 saturated carbocycles. The quantitative estimate of drug-likeness (QED) is 0.666. The molecule has 3 rings (SSSR count). The third-order valence-corrected chi connectivity index (χ3v) is 4.36. The van der Waals surface area contributed by atoms with Crippen molar-refractivity contribution in [2.45, 2.75) is 6.92 Å². The normalized spacial score (nSPS) is 14.6. The lowest BCUT2D eigenvalue weighted by atomic mass is 10.2. The number of anilines is 2. The van der Waals surface area contributed by atoms with Crippen molar-refractivity contribution >= 4 is 17.4 Å². The van der Waals surface area contributed by atoms with E-state index in [0.717, 1.165) is 11.4 Å². The van der Waals surface area contributed by atoms with Crippen molar-refractivity contribution in [3.63, 3.8) is 0 Å². The molecule has 0 atom stereocenters. The molecule has 1 amide bonds. The summed E-state index contributed by atoms with van der Waals surface area (Å²) in [6.45, 7) is 4.12. The SMILES string of the molecule is Cc1cccc(N/C=C(/C#N)C(=O)N2CCN(c3ccc(F)cc3)CC2)n1. The molecule has 6 nitrogen and oxygen atoms in total. The zero-order valence-electron chi connectivity index (χ0n) is 15.0. The molecule has 0 radical (unpaired) electrons. The molecule has 0 bridgehead atoms. The van der Waals surface area contributed by atoms with Gasteiger partial charge in [0.15, 0.2) is 0 Å². The van der Waals surface area contributed by atoms with Crippen LogP contribution in [0.25, 0.3) is 0 Å². The summed E-state index contributed by atoms with van der Waals surface area (Å²) in [4.78, 5) is 20.6. The van der Waals surface area contributed by atoms with Gasteiger partial charge < -0.3 is 15.1 Å². The Balaban J connectivity index is 1.60. The third-order valence-electron chi connectivity index (χ3n) is 4.36. The molecule has 2 aromatic rings. The number of pyridine rings is 1. The Kier molecular flexibility index (Phi) is 5.67. The van der Waals surface area contributed by atoms with Crippen LogP contribution < -0.4 is 10.2 Å². The number of benzene rings is 1. The summed E-state index contributed by atoms with van der Waals surface area (Å²) in [5, 5.41) is 12.3. The van der Waals surface area contributed by atoms with Gasteiger partial charge in [0.1, 0.15) is 23.3 Å². The molecule has 1 aliphatic heterocycles. The maximum absolute atomic E-state index is 13.0. The van der Waals surface area contributed by atoms with Crippen molar-refractivity contribution in [1.29, 1.82) is 5.26 Å². The highest BCUT2D eigenvalue weighted by Crippen LogP contribution is 2.17. The highest BCUT2D eigenvalue weighted by Gasteiger charge is 2.23. The maximum atomic E-state index is 13.0. The fraction of sp³-hybridized carbons (Fsp3) is 0.250. The molecule has 0 aliphatic carbocycles. The number of carbonyl (C=O) groups excluding carboxylic acids is 1. The van der Waals surface area contributed by atoms with Crippen molar-refractivity contribution in [3.05, 3.63) is 65.7 Å². The number of piperazine rings is 1. The van der Waals surface area contributed by atoms with Gasteiger partial charge in [0.05, 0.1) is 0 Å². The molecule has 1 aromatic carbocycles. The lowest BCUT2D eigenvalue weighted by molar-refractivity contribution is -0.127. The zero-order valence-corrected chi connectivity index (χ0v) is 15.0. The fourth-order valence-electron chi connectivity index (χ4n) is 2.90. The number of carbonyl (C=O) groups is 1. The predicted molar refractivity (Wildman–Crippen MR) is 101 cm³/mol. The number of nitrogens with one attached hydrogen (secondary N) is 1. The van der Waals surface area contributed by atoms with Crippen LogP contribution in [0, 0.1) is 24.1 Å². The number of nitriles is 1. The Morgan fingerprint density at radius 1 is 1.19 bits per heavy atom. The largest absolute Gasteiger partial charge is 0.368 e. The smallest absolute Gasteiger partial charge is 0.266 e. The van der Waals surface area contributed by atoms with Crippen LogP contribution in [0.15, 0.2) is 54.2 Å². The van der Waals surface area contributed by atoms with Gasteiger partial charge >= 0.3 is 0 Å². The summed E-state index contributed by atoms with van der Waals surface area (Å²) >= 11 is 0. The molecule has 138 valence electrons. The summed E-state index contributed by atoms with van der Waals surface area (Å²) in [7, 11) is 0. The van der Waals surface area contributed by atoms with E-state index in [9.17, 15) is 14.4 Å². The van der Waals surface area contributed by atoms with E-state index in [1.807, 2.05) is 25.1 Å². The number of hydrogen-bond donors (Lipinski definition) is 1. The van der Waals surface area contributed by atoms with E-state index in [4.69, 9.17) is 0 Å². The minimum absolute atomic E-state index is 0.0357. The lowest BCUT2D eigenvalue weighted by Gasteiger charge is -2.36. The second-order valence-electron chi connectivity index (χ2n) is 6.23. The number of aryl methyl sites for hydroxylation is 1. The van der Waals surface area contributed by atoms with Crippen molar-refractivity contribution in [2.75, 3.05) is 36.4 Å². The number of amides is 1. The number of aromatic nitrogens is 1. The number of rotatable bonds is 4. The molecule has 27 heavy (non-hydrogen) atoms. The summed E-state index contributed by atoms with van der Waals surface area (Å²) < 4.78 is 13.0. The minimum Gasteiger partial charge on any atom is -0.368 e. The first kappa shape index (κ1) is 18.4. The van der Waals surface area contributed by atoms with Gasteiger partial charge in [-0.05, 0) is 43.3 Å². The highest BCUT2D eigenvalue weighted by atomic mass is 19.1. The number of nitrogens with zero attached hydrogens (tertiary/aromatic N) is 4. The van der Waals surface area contributed by atoms with Crippen LogP contribution in [0.4, 0.5) is 15.9 Å². The third kappa shape index (κ3) is 4.61. The first-order valence-corrected chi connectivity index (χ1v) is 8.67. The van der Waals surface area contributed by atoms with Gasteiger partial charge in [-0.1, -0.05) is 6.07 Å². The first-order valence-electron chi connectivity index (χ1n) is 8.67. The Morgan fingerprint density at radius 2 is 1.89 bits per heavy atom. The Bertz CT molecular complexity index is 880. The van der Waals surface area contributed by atoms with Gasteiger partial charge in [0, 0.05) is 43.8 Å². The van der Waals surface area contributed by atoms with E-state index < -0.39 is 0 Å². The summed E-state index contributed by atoms with van der Waals surface area (Å²) in [5.41, 5.74) is 1.80. The topological polar surface area (TPSA) is 72.3 Å². The van der Waals surface area contributed by atoms with Crippen LogP contribution in [-0.4, -0.2) is 42.0 Å². The predicted octanol–water partition coefficient (Wildman–Crippen LogP) is 2.70. The number of halogens is 1. The Hall–Kier alpha value is -3.40. The van der Waals surface area contributed by atoms with Gasteiger partial charge in [0.25, 0.3) is 5.91 Å². The fourth-order valence-corrected chi connectivity index (χ4v) is 2.90. The molecule has 2 heterocycles. The molecule has 0 spiro atoms. The van der Waals surface area contributed by atoms with E-state index in [1.165, 1.54) is 18.3 Å². The molecule has 1 aliphatic rings. The van der Waals surface area contributed by atoms with Crippen LogP contribution in [0.5, 0.6) is 0 Å². The van der Waals surface area contributed by atoms with Crippen LogP contribution in [0.2, 0.25) is 0 Å². The van der Waals surface area contributed by atoms with E-state index in [0.29, 0.717) is 32.0 Å². The average Bonchev–Trinajstić information content (AvgIpc) is 2.69. The molecule has 0 unspecified atom stereocenters. The van der Waals surface area contributed by atoms with Gasteiger partial charge in [-0.15, -0.1) is 0 Å². The molecule has 1 N–H and O–H groups in total. The van der Waals surface area contributed by atoms with Crippen molar-refractivity contribution in [2.24, 2.45) is 0 Å². The summed E-state index contributed by atoms with van der Waals surface area (Å²) in [6, 6.07) is 13.7. The molecule has 1 aromatic heterocycles. The summed E-state index contributed by atoms with van der Waals surface area (Å²) in [5.74, 6) is 0.0000471. The Labute approximate surface area is 157 Å². The second-order valence-corrected chi connectivity index (χ2v) is 6.23. The monoisotopic (exact) mass is 365 g/mol. The van der Waals surface area contributed by atoms with Crippen molar-refractivity contribution < 1.29 is 9.18 Å². The van der Waals surface area contributed by atoms with E-state index in [2.05, 4.69) is 15.2 Å². The van der Waals surface area contributed by atoms with E-state index in [1.54, 1.807) is 23.1 Å². The zero-order chi connectivity index (χ0) is 19.2. The van der Waals surface area contributed by atoms with Crippen molar-refractivity contribution in [1.82, 2.24) is 9.88 Å². The van der Waals surface area contributed by atoms with E-state index >= 15 is 0 Å². The minimum atomic E-state index is -0.309. The van der Waals surface area contributed by atoms with Crippen LogP contribution in [-0.2, 0) is 4.79 Å².